The number of phenols is 1. The molecule has 3 rings (SSSR count). The summed E-state index contributed by atoms with van der Waals surface area (Å²) in [6.45, 7) is 7.09. The molecule has 1 aliphatic rings. The zero-order chi connectivity index (χ0) is 18.7. The van der Waals surface area contributed by atoms with E-state index in [9.17, 15) is 13.9 Å². The third-order valence-electron chi connectivity index (χ3n) is 4.67. The van der Waals surface area contributed by atoms with Crippen molar-refractivity contribution in [2.75, 3.05) is 24.5 Å². The van der Waals surface area contributed by atoms with Gasteiger partial charge in [0.05, 0.1) is 0 Å². The highest BCUT2D eigenvalue weighted by molar-refractivity contribution is 5.73. The van der Waals surface area contributed by atoms with Crippen LogP contribution < -0.4 is 10.2 Å². The molecule has 0 amide bonds. The third-order valence-corrected chi connectivity index (χ3v) is 4.67. The molecule has 2 heterocycles. The normalized spacial score (nSPS) is 17.9. The molecule has 1 aliphatic heterocycles. The van der Waals surface area contributed by atoms with Crippen LogP contribution in [0.15, 0.2) is 36.5 Å². The summed E-state index contributed by atoms with van der Waals surface area (Å²) in [6, 6.07) is 8.83. The molecule has 6 heteroatoms. The molecule has 1 saturated heterocycles. The first-order chi connectivity index (χ1) is 12.4. The number of aromatic hydroxyl groups is 1. The van der Waals surface area contributed by atoms with Gasteiger partial charge in [0.15, 0.2) is 0 Å². The Balaban J connectivity index is 1.80. The molecule has 0 bridgehead atoms. The lowest BCUT2D eigenvalue weighted by Gasteiger charge is -2.36. The number of rotatable bonds is 5. The fraction of sp³-hybridized carbons (Fsp3) is 0.450. The van der Waals surface area contributed by atoms with Gasteiger partial charge in [-0.3, -0.25) is 4.98 Å². The maximum absolute atomic E-state index is 12.9. The van der Waals surface area contributed by atoms with Gasteiger partial charge in [-0.15, -0.1) is 0 Å². The maximum Gasteiger partial charge on any atom is 0.280 e. The Morgan fingerprint density at radius 3 is 2.77 bits per heavy atom. The van der Waals surface area contributed by atoms with E-state index in [0.717, 1.165) is 31.7 Å². The van der Waals surface area contributed by atoms with E-state index < -0.39 is 6.43 Å². The van der Waals surface area contributed by atoms with Crippen LogP contribution in [0, 0.1) is 5.92 Å². The summed E-state index contributed by atoms with van der Waals surface area (Å²) in [6.07, 6.45) is -0.180. The number of benzene rings is 1. The number of aromatic nitrogens is 1. The Bertz CT molecular complexity index is 752. The second-order valence-corrected chi connectivity index (χ2v) is 7.20. The lowest BCUT2D eigenvalue weighted by atomic mass is 10.0. The van der Waals surface area contributed by atoms with Crippen LogP contribution in [0.25, 0.3) is 11.1 Å². The van der Waals surface area contributed by atoms with Gasteiger partial charge >= 0.3 is 0 Å². The fourth-order valence-corrected chi connectivity index (χ4v) is 3.48. The SMILES string of the molecule is CC(C)CC1CN(c2ccc(-c3ccnc(C(F)F)c3)c(O)c2)CCN1. The van der Waals surface area contributed by atoms with E-state index in [2.05, 4.69) is 29.0 Å². The molecule has 0 saturated carbocycles. The topological polar surface area (TPSA) is 48.4 Å². The summed E-state index contributed by atoms with van der Waals surface area (Å²) in [5, 5.41) is 14.0. The summed E-state index contributed by atoms with van der Waals surface area (Å²) >= 11 is 0. The minimum absolute atomic E-state index is 0.0906. The highest BCUT2D eigenvalue weighted by Crippen LogP contribution is 2.34. The van der Waals surface area contributed by atoms with Crippen LogP contribution >= 0.6 is 0 Å². The molecular formula is C20H25F2N3O. The van der Waals surface area contributed by atoms with E-state index in [1.807, 2.05) is 6.07 Å². The van der Waals surface area contributed by atoms with Gasteiger partial charge in [-0.25, -0.2) is 8.78 Å². The number of halogens is 2. The van der Waals surface area contributed by atoms with Crippen molar-refractivity contribution in [1.29, 1.82) is 0 Å². The number of hydrogen-bond acceptors (Lipinski definition) is 4. The molecule has 0 radical (unpaired) electrons. The van der Waals surface area contributed by atoms with E-state index in [0.29, 0.717) is 23.1 Å². The van der Waals surface area contributed by atoms with Crippen molar-refractivity contribution < 1.29 is 13.9 Å². The first-order valence-electron chi connectivity index (χ1n) is 9.00. The average molecular weight is 361 g/mol. The van der Waals surface area contributed by atoms with Crippen LogP contribution in [0.1, 0.15) is 32.4 Å². The predicted molar refractivity (Wildman–Crippen MR) is 99.8 cm³/mol. The molecule has 1 atom stereocenters. The number of nitrogens with one attached hydrogen (secondary N) is 1. The average Bonchev–Trinajstić information content (AvgIpc) is 2.61. The first-order valence-corrected chi connectivity index (χ1v) is 9.00. The summed E-state index contributed by atoms with van der Waals surface area (Å²) < 4.78 is 25.7. The predicted octanol–water partition coefficient (Wildman–Crippen LogP) is 4.22. The highest BCUT2D eigenvalue weighted by Gasteiger charge is 2.21. The molecule has 1 aromatic carbocycles. The number of phenolic OH excluding ortho intramolecular Hbond substituents is 1. The lowest BCUT2D eigenvalue weighted by molar-refractivity contribution is 0.146. The highest BCUT2D eigenvalue weighted by atomic mass is 19.3. The summed E-state index contributed by atoms with van der Waals surface area (Å²) in [5.41, 5.74) is 1.73. The molecule has 2 aromatic rings. The van der Waals surface area contributed by atoms with Crippen LogP contribution in [0.4, 0.5) is 14.5 Å². The number of pyridine rings is 1. The summed E-state index contributed by atoms with van der Waals surface area (Å²) in [5.74, 6) is 0.715. The quantitative estimate of drug-likeness (QED) is 0.837. The number of alkyl halides is 2. The Morgan fingerprint density at radius 1 is 1.27 bits per heavy atom. The Labute approximate surface area is 152 Å². The second-order valence-electron chi connectivity index (χ2n) is 7.20. The fourth-order valence-electron chi connectivity index (χ4n) is 3.48. The smallest absolute Gasteiger partial charge is 0.280 e. The van der Waals surface area contributed by atoms with Crippen LogP contribution in [-0.2, 0) is 0 Å². The molecule has 1 aromatic heterocycles. The summed E-state index contributed by atoms with van der Waals surface area (Å²) in [7, 11) is 0. The first kappa shape index (κ1) is 18.6. The van der Waals surface area contributed by atoms with Crippen molar-refractivity contribution in [3.05, 3.63) is 42.2 Å². The monoisotopic (exact) mass is 361 g/mol. The van der Waals surface area contributed by atoms with Crippen molar-refractivity contribution in [2.24, 2.45) is 5.92 Å². The standard InChI is InChI=1S/C20H25F2N3O/c1-13(2)9-15-12-25(8-7-23-15)16-3-4-17(19(26)11-16)14-5-6-24-18(10-14)20(21)22/h3-6,10-11,13,15,20,23,26H,7-9,12H2,1-2H3. The number of hydrogen-bond donors (Lipinski definition) is 2. The van der Waals surface area contributed by atoms with Crippen molar-refractivity contribution in [2.45, 2.75) is 32.7 Å². The molecule has 140 valence electrons. The van der Waals surface area contributed by atoms with E-state index in [1.54, 1.807) is 18.2 Å². The van der Waals surface area contributed by atoms with Crippen LogP contribution in [0.2, 0.25) is 0 Å². The van der Waals surface area contributed by atoms with Gasteiger partial charge < -0.3 is 15.3 Å². The Morgan fingerprint density at radius 2 is 2.08 bits per heavy atom. The summed E-state index contributed by atoms with van der Waals surface area (Å²) in [4.78, 5) is 5.92. The maximum atomic E-state index is 12.9. The minimum atomic E-state index is -2.63. The van der Waals surface area contributed by atoms with Gasteiger partial charge in [-0.1, -0.05) is 13.8 Å². The molecule has 26 heavy (non-hydrogen) atoms. The molecule has 0 aliphatic carbocycles. The number of nitrogens with zero attached hydrogens (tertiary/aromatic N) is 2. The second kappa shape index (κ2) is 7.99. The van der Waals surface area contributed by atoms with Gasteiger partial charge in [-0.2, -0.15) is 0 Å². The van der Waals surface area contributed by atoms with Gasteiger partial charge in [0.2, 0.25) is 0 Å². The van der Waals surface area contributed by atoms with Crippen molar-refractivity contribution in [1.82, 2.24) is 10.3 Å². The molecule has 0 spiro atoms. The van der Waals surface area contributed by atoms with Crippen molar-refractivity contribution in [3.63, 3.8) is 0 Å². The largest absolute Gasteiger partial charge is 0.507 e. The molecule has 1 unspecified atom stereocenters. The zero-order valence-electron chi connectivity index (χ0n) is 15.1. The number of piperazine rings is 1. The van der Waals surface area contributed by atoms with Crippen molar-refractivity contribution >= 4 is 5.69 Å². The van der Waals surface area contributed by atoms with Crippen molar-refractivity contribution in [3.8, 4) is 16.9 Å². The number of anilines is 1. The van der Waals surface area contributed by atoms with Crippen LogP contribution in [0.3, 0.4) is 0 Å². The molecule has 2 N–H and O–H groups in total. The van der Waals surface area contributed by atoms with E-state index >= 15 is 0 Å². The van der Waals surface area contributed by atoms with Crippen LogP contribution in [-0.4, -0.2) is 35.8 Å². The third kappa shape index (κ3) is 4.30. The zero-order valence-corrected chi connectivity index (χ0v) is 15.1. The lowest BCUT2D eigenvalue weighted by Crippen LogP contribution is -2.51. The molecule has 1 fully saturated rings. The van der Waals surface area contributed by atoms with E-state index in [-0.39, 0.29) is 11.4 Å². The molecule has 4 nitrogen and oxygen atoms in total. The van der Waals surface area contributed by atoms with Gasteiger partial charge in [0, 0.05) is 49.2 Å². The van der Waals surface area contributed by atoms with E-state index in [1.165, 1.54) is 12.3 Å². The van der Waals surface area contributed by atoms with Gasteiger partial charge in [-0.05, 0) is 42.2 Å². The van der Waals surface area contributed by atoms with E-state index in [4.69, 9.17) is 0 Å². The Hall–Kier alpha value is -2.21. The Kier molecular flexibility index (Phi) is 5.71. The van der Waals surface area contributed by atoms with Gasteiger partial charge in [0.1, 0.15) is 11.4 Å². The van der Waals surface area contributed by atoms with Gasteiger partial charge in [0.25, 0.3) is 6.43 Å². The minimum Gasteiger partial charge on any atom is -0.507 e. The van der Waals surface area contributed by atoms with Crippen LogP contribution in [0.5, 0.6) is 5.75 Å². The molecular weight excluding hydrogens is 336 g/mol.